The number of nitrogens with zero attached hydrogens (tertiary/aromatic N) is 1. The summed E-state index contributed by atoms with van der Waals surface area (Å²) >= 11 is 0. The maximum Gasteiger partial charge on any atom is 0.0731 e. The van der Waals surface area contributed by atoms with Gasteiger partial charge < -0.3 is 4.90 Å². The van der Waals surface area contributed by atoms with Crippen LogP contribution in [0.2, 0.25) is 0 Å². The Labute approximate surface area is 364 Å². The largest absolute Gasteiger partial charge is 0.310 e. The Kier molecular flexibility index (Phi) is 7.12. The van der Waals surface area contributed by atoms with Crippen molar-refractivity contribution in [1.82, 2.24) is 0 Å². The van der Waals surface area contributed by atoms with Gasteiger partial charge in [-0.15, -0.1) is 0 Å². The molecule has 0 N–H and O–H groups in total. The molecule has 62 heavy (non-hydrogen) atoms. The third-order valence-corrected chi connectivity index (χ3v) is 15.1. The van der Waals surface area contributed by atoms with Crippen LogP contribution in [0.5, 0.6) is 0 Å². The van der Waals surface area contributed by atoms with Crippen LogP contribution in [0, 0.1) is 0 Å². The summed E-state index contributed by atoms with van der Waals surface area (Å²) in [5.41, 5.74) is 26.9. The summed E-state index contributed by atoms with van der Waals surface area (Å²) in [4.78, 5) is 2.52. The van der Waals surface area contributed by atoms with E-state index in [1.54, 1.807) is 0 Å². The Hall–Kier alpha value is -7.22. The minimum absolute atomic E-state index is 0.113. The van der Waals surface area contributed by atoms with Gasteiger partial charge in [0.1, 0.15) is 0 Å². The molecule has 0 bridgehead atoms. The van der Waals surface area contributed by atoms with E-state index in [9.17, 15) is 0 Å². The second-order valence-electron chi connectivity index (χ2n) is 18.8. The fourth-order valence-electron chi connectivity index (χ4n) is 12.4. The highest BCUT2D eigenvalue weighted by Crippen LogP contribution is 2.64. The van der Waals surface area contributed by atoms with Crippen LogP contribution in [0.15, 0.2) is 200 Å². The first kappa shape index (κ1) is 35.5. The second-order valence-corrected chi connectivity index (χ2v) is 18.8. The van der Waals surface area contributed by atoms with Crippen molar-refractivity contribution in [2.24, 2.45) is 0 Å². The molecule has 0 radical (unpaired) electrons. The Morgan fingerprint density at radius 2 is 0.726 bits per heavy atom. The average Bonchev–Trinajstić information content (AvgIpc) is 3.95. The van der Waals surface area contributed by atoms with Crippen molar-refractivity contribution in [3.05, 3.63) is 245 Å². The first-order valence-corrected chi connectivity index (χ1v) is 22.1. The Bertz CT molecular complexity index is 3300. The summed E-state index contributed by atoms with van der Waals surface area (Å²) < 4.78 is 0. The van der Waals surface area contributed by atoms with Gasteiger partial charge in [0.25, 0.3) is 0 Å². The SMILES string of the molecule is CC1(C)c2ccccc2-c2ccc(N(c3ccc(-c4cccc5c4C4(c6ccccc6-c6ccccc64)c4ccccc4-5)cc3)c3cccc4c3-c3ccccc3C4(C)C)cc21. The topological polar surface area (TPSA) is 3.24 Å². The number of hydrogen-bond donors (Lipinski definition) is 0. The number of rotatable bonds is 4. The highest BCUT2D eigenvalue weighted by Gasteiger charge is 2.52. The molecule has 4 aliphatic rings. The molecule has 0 saturated carbocycles. The van der Waals surface area contributed by atoms with E-state index in [0.29, 0.717) is 0 Å². The van der Waals surface area contributed by atoms with E-state index in [1.807, 2.05) is 0 Å². The Balaban J connectivity index is 1.02. The molecule has 0 heterocycles. The molecule has 1 spiro atoms. The Morgan fingerprint density at radius 1 is 0.306 bits per heavy atom. The number of fused-ring (bicyclic) bond motifs is 16. The fourth-order valence-corrected chi connectivity index (χ4v) is 12.4. The predicted molar refractivity (Wildman–Crippen MR) is 258 cm³/mol. The van der Waals surface area contributed by atoms with Crippen LogP contribution in [-0.2, 0) is 16.2 Å². The zero-order chi connectivity index (χ0) is 41.5. The molecule has 0 amide bonds. The lowest BCUT2D eigenvalue weighted by Crippen LogP contribution is -2.26. The van der Waals surface area contributed by atoms with E-state index in [1.165, 1.54) is 112 Å². The van der Waals surface area contributed by atoms with Gasteiger partial charge in [-0.2, -0.15) is 0 Å². The zero-order valence-corrected chi connectivity index (χ0v) is 35.5. The highest BCUT2D eigenvalue weighted by atomic mass is 15.1. The molecule has 294 valence electrons. The van der Waals surface area contributed by atoms with E-state index in [0.717, 1.165) is 5.69 Å². The molecule has 1 nitrogen and oxygen atoms in total. The van der Waals surface area contributed by atoms with Gasteiger partial charge in [0.05, 0.1) is 11.1 Å². The maximum absolute atomic E-state index is 2.52. The van der Waals surface area contributed by atoms with Crippen molar-refractivity contribution < 1.29 is 0 Å². The lowest BCUT2D eigenvalue weighted by molar-refractivity contribution is 0.660. The maximum atomic E-state index is 2.52. The van der Waals surface area contributed by atoms with Crippen molar-refractivity contribution in [2.75, 3.05) is 4.90 Å². The molecule has 4 aliphatic carbocycles. The summed E-state index contributed by atoms with van der Waals surface area (Å²) in [7, 11) is 0. The monoisotopic (exact) mass is 791 g/mol. The third kappa shape index (κ3) is 4.43. The summed E-state index contributed by atoms with van der Waals surface area (Å²) in [6, 6.07) is 75.8. The van der Waals surface area contributed by atoms with Crippen LogP contribution >= 0.6 is 0 Å². The van der Waals surface area contributed by atoms with Crippen molar-refractivity contribution in [3.8, 4) is 55.6 Å². The first-order valence-electron chi connectivity index (χ1n) is 22.1. The standard InChI is InChI=1S/C61H45N/c1-59(2)50-25-11-9-21-48(50)57-54(59)29-16-30-56(57)62(40-35-36-46-42-17-5-10-24-49(42)60(3,4)55(46)37-40)39-33-31-38(32-34-39)41-22-15-23-47-45-20-8-14-28-53(45)61(58(41)47)51-26-12-6-18-43(51)44-19-7-13-27-52(44)61/h5-37H,1-4H3. The normalized spacial score (nSPS) is 15.5. The average molecular weight is 792 g/mol. The number of benzene rings is 9. The van der Waals surface area contributed by atoms with E-state index >= 15 is 0 Å². The third-order valence-electron chi connectivity index (χ3n) is 15.1. The van der Waals surface area contributed by atoms with Crippen LogP contribution in [0.1, 0.15) is 72.2 Å². The minimum atomic E-state index is -0.417. The van der Waals surface area contributed by atoms with E-state index in [4.69, 9.17) is 0 Å². The molecule has 1 heteroatoms. The van der Waals surface area contributed by atoms with E-state index in [-0.39, 0.29) is 10.8 Å². The molecular formula is C61H45N. The van der Waals surface area contributed by atoms with Gasteiger partial charge >= 0.3 is 0 Å². The smallest absolute Gasteiger partial charge is 0.0731 e. The molecule has 9 aromatic carbocycles. The minimum Gasteiger partial charge on any atom is -0.310 e. The molecule has 9 aromatic rings. The summed E-state index contributed by atoms with van der Waals surface area (Å²) in [5.74, 6) is 0. The summed E-state index contributed by atoms with van der Waals surface area (Å²) in [5, 5.41) is 0. The second kappa shape index (κ2) is 12.4. The van der Waals surface area contributed by atoms with Gasteiger partial charge in [0.15, 0.2) is 0 Å². The predicted octanol–water partition coefficient (Wildman–Crippen LogP) is 15.8. The van der Waals surface area contributed by atoms with Crippen LogP contribution < -0.4 is 4.90 Å². The van der Waals surface area contributed by atoms with Gasteiger partial charge in [0.2, 0.25) is 0 Å². The van der Waals surface area contributed by atoms with Gasteiger partial charge in [-0.1, -0.05) is 198 Å². The molecule has 0 aliphatic heterocycles. The van der Waals surface area contributed by atoms with Crippen molar-refractivity contribution in [2.45, 2.75) is 43.9 Å². The van der Waals surface area contributed by atoms with Crippen molar-refractivity contribution in [3.63, 3.8) is 0 Å². The first-order chi connectivity index (χ1) is 30.3. The van der Waals surface area contributed by atoms with Crippen molar-refractivity contribution in [1.29, 1.82) is 0 Å². The van der Waals surface area contributed by atoms with Crippen LogP contribution in [0.4, 0.5) is 17.1 Å². The molecule has 0 atom stereocenters. The number of anilines is 3. The van der Waals surface area contributed by atoms with Gasteiger partial charge in [-0.05, 0) is 125 Å². The molecule has 0 unspecified atom stereocenters. The molecule has 0 fully saturated rings. The highest BCUT2D eigenvalue weighted by molar-refractivity contribution is 6.00. The van der Waals surface area contributed by atoms with Crippen LogP contribution in [0.3, 0.4) is 0 Å². The fraction of sp³-hybridized carbons (Fsp3) is 0.115. The lowest BCUT2D eigenvalue weighted by Gasteiger charge is -2.32. The van der Waals surface area contributed by atoms with Gasteiger partial charge in [-0.25, -0.2) is 0 Å². The lowest BCUT2D eigenvalue weighted by atomic mass is 9.68. The van der Waals surface area contributed by atoms with Gasteiger partial charge in [-0.3, -0.25) is 0 Å². The zero-order valence-electron chi connectivity index (χ0n) is 35.5. The summed E-state index contributed by atoms with van der Waals surface area (Å²) in [6.07, 6.45) is 0. The quantitative estimate of drug-likeness (QED) is 0.172. The Morgan fingerprint density at radius 3 is 1.35 bits per heavy atom. The summed E-state index contributed by atoms with van der Waals surface area (Å²) in [6.45, 7) is 9.51. The molecule has 0 saturated heterocycles. The van der Waals surface area contributed by atoms with E-state index < -0.39 is 5.41 Å². The van der Waals surface area contributed by atoms with E-state index in [2.05, 4.69) is 233 Å². The van der Waals surface area contributed by atoms with Crippen LogP contribution in [-0.4, -0.2) is 0 Å². The van der Waals surface area contributed by atoms with Gasteiger partial charge in [0, 0.05) is 27.8 Å². The number of hydrogen-bond acceptors (Lipinski definition) is 1. The molecule has 13 rings (SSSR count). The molecular weight excluding hydrogens is 747 g/mol. The van der Waals surface area contributed by atoms with Crippen LogP contribution in [0.25, 0.3) is 55.6 Å². The molecule has 0 aromatic heterocycles. The van der Waals surface area contributed by atoms with Crippen molar-refractivity contribution >= 4 is 17.1 Å².